The number of nitrogens with zero attached hydrogens (tertiary/aromatic N) is 2. The molecule has 1 rings (SSSR count). The summed E-state index contributed by atoms with van der Waals surface area (Å²) >= 11 is 0. The summed E-state index contributed by atoms with van der Waals surface area (Å²) < 4.78 is 1.92. The Labute approximate surface area is 85.8 Å². The highest BCUT2D eigenvalue weighted by Gasteiger charge is 2.05. The van der Waals surface area contributed by atoms with Crippen LogP contribution in [0.4, 0.5) is 0 Å². The van der Waals surface area contributed by atoms with Gasteiger partial charge in [0, 0.05) is 19.3 Å². The summed E-state index contributed by atoms with van der Waals surface area (Å²) in [5, 5.41) is 13.2. The molecular formula is C11H19N2O. The summed E-state index contributed by atoms with van der Waals surface area (Å²) in [6, 6.07) is 0. The van der Waals surface area contributed by atoms with E-state index in [4.69, 9.17) is 5.11 Å². The maximum Gasteiger partial charge on any atom is 0.0656 e. The second-order valence-electron chi connectivity index (χ2n) is 3.44. The molecule has 1 heterocycles. The first-order valence-electron chi connectivity index (χ1n) is 5.27. The number of aliphatic hydroxyl groups excluding tert-OH is 1. The molecule has 1 aromatic rings. The first-order chi connectivity index (χ1) is 6.81. The van der Waals surface area contributed by atoms with Gasteiger partial charge in [0.2, 0.25) is 0 Å². The Balaban J connectivity index is 2.67. The molecule has 0 aliphatic carbocycles. The molecule has 3 nitrogen and oxygen atoms in total. The number of hydrogen-bond acceptors (Lipinski definition) is 2. The Hall–Kier alpha value is -0.830. The third-order valence-corrected chi connectivity index (χ3v) is 2.23. The number of aryl methyl sites for hydroxylation is 2. The molecule has 0 saturated heterocycles. The molecule has 0 fully saturated rings. The minimum atomic E-state index is 0.225. The minimum absolute atomic E-state index is 0.225. The van der Waals surface area contributed by atoms with Crippen molar-refractivity contribution < 1.29 is 5.11 Å². The standard InChI is InChI=1S/C11H19N2O/c1-3-6-11-10(4-2)9-13(12-11)7-5-8-14/h9,14H,2-8H2,1H3. The van der Waals surface area contributed by atoms with Gasteiger partial charge in [-0.3, -0.25) is 4.68 Å². The fourth-order valence-corrected chi connectivity index (χ4v) is 1.51. The van der Waals surface area contributed by atoms with Crippen LogP contribution in [0.5, 0.6) is 0 Å². The first kappa shape index (κ1) is 11.2. The van der Waals surface area contributed by atoms with Crippen molar-refractivity contribution in [1.82, 2.24) is 9.78 Å². The molecule has 0 amide bonds. The van der Waals surface area contributed by atoms with E-state index < -0.39 is 0 Å². The Morgan fingerprint density at radius 1 is 1.57 bits per heavy atom. The molecule has 79 valence electrons. The monoisotopic (exact) mass is 195 g/mol. The van der Waals surface area contributed by atoms with Crippen LogP contribution in [0.1, 0.15) is 31.0 Å². The van der Waals surface area contributed by atoms with Gasteiger partial charge in [-0.15, -0.1) is 0 Å². The van der Waals surface area contributed by atoms with Crippen LogP contribution in [0.25, 0.3) is 0 Å². The van der Waals surface area contributed by atoms with E-state index in [1.54, 1.807) is 0 Å². The lowest BCUT2D eigenvalue weighted by atomic mass is 10.1. The van der Waals surface area contributed by atoms with E-state index in [-0.39, 0.29) is 6.61 Å². The van der Waals surface area contributed by atoms with Gasteiger partial charge in [-0.05, 0) is 31.7 Å². The molecule has 14 heavy (non-hydrogen) atoms. The van der Waals surface area contributed by atoms with Gasteiger partial charge in [0.1, 0.15) is 0 Å². The van der Waals surface area contributed by atoms with E-state index >= 15 is 0 Å². The van der Waals surface area contributed by atoms with E-state index in [1.165, 1.54) is 11.3 Å². The lowest BCUT2D eigenvalue weighted by molar-refractivity contribution is 0.277. The fraction of sp³-hybridized carbons (Fsp3) is 0.636. The summed E-state index contributed by atoms with van der Waals surface area (Å²) in [4.78, 5) is 0. The van der Waals surface area contributed by atoms with E-state index in [2.05, 4.69) is 18.9 Å². The predicted molar refractivity (Wildman–Crippen MR) is 57.0 cm³/mol. The fourth-order valence-electron chi connectivity index (χ4n) is 1.51. The molecule has 3 heteroatoms. The summed E-state index contributed by atoms with van der Waals surface area (Å²) in [5.41, 5.74) is 2.41. The topological polar surface area (TPSA) is 38.0 Å². The van der Waals surface area contributed by atoms with Gasteiger partial charge in [-0.1, -0.05) is 13.3 Å². The van der Waals surface area contributed by atoms with Crippen LogP contribution in [-0.2, 0) is 19.4 Å². The average molecular weight is 195 g/mol. The van der Waals surface area contributed by atoms with Crippen LogP contribution in [0.3, 0.4) is 0 Å². The van der Waals surface area contributed by atoms with E-state index in [1.807, 2.05) is 10.9 Å². The molecule has 1 N–H and O–H groups in total. The minimum Gasteiger partial charge on any atom is -0.396 e. The second kappa shape index (κ2) is 5.81. The molecule has 1 aromatic heterocycles. The quantitative estimate of drug-likeness (QED) is 0.748. The molecular weight excluding hydrogens is 176 g/mol. The van der Waals surface area contributed by atoms with Gasteiger partial charge in [-0.25, -0.2) is 0 Å². The first-order valence-corrected chi connectivity index (χ1v) is 5.27. The van der Waals surface area contributed by atoms with Gasteiger partial charge in [0.15, 0.2) is 0 Å². The molecule has 0 atom stereocenters. The third kappa shape index (κ3) is 2.84. The zero-order valence-corrected chi connectivity index (χ0v) is 8.87. The van der Waals surface area contributed by atoms with Crippen molar-refractivity contribution in [1.29, 1.82) is 0 Å². The molecule has 1 radical (unpaired) electrons. The van der Waals surface area contributed by atoms with Crippen LogP contribution in [0.2, 0.25) is 0 Å². The van der Waals surface area contributed by atoms with Crippen LogP contribution < -0.4 is 0 Å². The van der Waals surface area contributed by atoms with Gasteiger partial charge < -0.3 is 5.11 Å². The normalized spacial score (nSPS) is 10.8. The molecule has 0 aromatic carbocycles. The number of rotatable bonds is 6. The Kier molecular flexibility index (Phi) is 4.66. The summed E-state index contributed by atoms with van der Waals surface area (Å²) in [6.45, 7) is 7.07. The second-order valence-corrected chi connectivity index (χ2v) is 3.44. The zero-order chi connectivity index (χ0) is 10.4. The highest BCUT2D eigenvalue weighted by molar-refractivity contribution is 5.18. The number of hydrogen-bond donors (Lipinski definition) is 1. The predicted octanol–water partition coefficient (Wildman–Crippen LogP) is 1.59. The highest BCUT2D eigenvalue weighted by Crippen LogP contribution is 2.10. The molecule has 0 unspecified atom stereocenters. The molecule has 0 saturated carbocycles. The van der Waals surface area contributed by atoms with Gasteiger partial charge in [0.25, 0.3) is 0 Å². The van der Waals surface area contributed by atoms with Gasteiger partial charge in [0.05, 0.1) is 5.69 Å². The molecule has 0 spiro atoms. The Bertz CT molecular complexity index is 268. The maximum atomic E-state index is 8.71. The smallest absolute Gasteiger partial charge is 0.0656 e. The molecule has 0 aliphatic rings. The van der Waals surface area contributed by atoms with E-state index in [0.29, 0.717) is 0 Å². The van der Waals surface area contributed by atoms with Crippen molar-refractivity contribution in [2.45, 2.75) is 39.2 Å². The molecule has 0 bridgehead atoms. The van der Waals surface area contributed by atoms with Crippen molar-refractivity contribution >= 4 is 0 Å². The van der Waals surface area contributed by atoms with Crippen LogP contribution >= 0.6 is 0 Å². The average Bonchev–Trinajstić information content (AvgIpc) is 2.58. The summed E-state index contributed by atoms with van der Waals surface area (Å²) in [6.07, 6.45) is 5.76. The summed E-state index contributed by atoms with van der Waals surface area (Å²) in [7, 11) is 0. The van der Waals surface area contributed by atoms with Crippen LogP contribution in [-0.4, -0.2) is 21.5 Å². The van der Waals surface area contributed by atoms with Crippen molar-refractivity contribution in [2.75, 3.05) is 6.61 Å². The number of aromatic nitrogens is 2. The van der Waals surface area contributed by atoms with Gasteiger partial charge in [-0.2, -0.15) is 5.10 Å². The SMILES string of the molecule is [CH2]Cc1cn(CCCO)nc1CCC. The Morgan fingerprint density at radius 3 is 2.93 bits per heavy atom. The summed E-state index contributed by atoms with van der Waals surface area (Å²) in [5.74, 6) is 0. The van der Waals surface area contributed by atoms with Crippen molar-refractivity contribution in [2.24, 2.45) is 0 Å². The third-order valence-electron chi connectivity index (χ3n) is 2.23. The Morgan fingerprint density at radius 2 is 2.36 bits per heavy atom. The van der Waals surface area contributed by atoms with Crippen LogP contribution in [0.15, 0.2) is 6.20 Å². The van der Waals surface area contributed by atoms with Crippen molar-refractivity contribution in [3.8, 4) is 0 Å². The number of aliphatic hydroxyl groups is 1. The van der Waals surface area contributed by atoms with E-state index in [9.17, 15) is 0 Å². The largest absolute Gasteiger partial charge is 0.396 e. The van der Waals surface area contributed by atoms with E-state index in [0.717, 1.165) is 32.2 Å². The lowest BCUT2D eigenvalue weighted by Gasteiger charge is -1.97. The van der Waals surface area contributed by atoms with Crippen molar-refractivity contribution in [3.05, 3.63) is 24.4 Å². The molecule has 0 aliphatic heterocycles. The maximum absolute atomic E-state index is 8.71. The lowest BCUT2D eigenvalue weighted by Crippen LogP contribution is -2.01. The highest BCUT2D eigenvalue weighted by atomic mass is 16.3. The zero-order valence-electron chi connectivity index (χ0n) is 8.87. The van der Waals surface area contributed by atoms with Gasteiger partial charge >= 0.3 is 0 Å². The van der Waals surface area contributed by atoms with Crippen molar-refractivity contribution in [3.63, 3.8) is 0 Å². The van der Waals surface area contributed by atoms with Crippen LogP contribution in [0, 0.1) is 6.92 Å².